The fourth-order valence-electron chi connectivity index (χ4n) is 2.69. The van der Waals surface area contributed by atoms with Crippen molar-refractivity contribution in [3.63, 3.8) is 0 Å². The van der Waals surface area contributed by atoms with Crippen molar-refractivity contribution < 1.29 is 18.7 Å². The summed E-state index contributed by atoms with van der Waals surface area (Å²) >= 11 is 5.87. The maximum Gasteiger partial charge on any atom is 0.312 e. The number of ether oxygens (including phenoxy) is 1. The van der Waals surface area contributed by atoms with Crippen molar-refractivity contribution in [2.24, 2.45) is 5.73 Å². The number of carbonyl (C=O) groups is 2. The smallest absolute Gasteiger partial charge is 0.312 e. The molecule has 0 saturated carbocycles. The number of nitrogens with one attached hydrogen (secondary N) is 1. The van der Waals surface area contributed by atoms with Crippen LogP contribution in [0.3, 0.4) is 0 Å². The lowest BCUT2D eigenvalue weighted by molar-refractivity contribution is -0.146. The minimum Gasteiger partial charge on any atom is -0.456 e. The molecule has 0 aliphatic carbocycles. The number of urea groups is 1. The van der Waals surface area contributed by atoms with Crippen LogP contribution in [0.5, 0.6) is 0 Å². The summed E-state index contributed by atoms with van der Waals surface area (Å²) in [6.07, 6.45) is -0.122. The van der Waals surface area contributed by atoms with E-state index >= 15 is 0 Å². The third kappa shape index (κ3) is 5.79. The molecule has 0 aliphatic rings. The second-order valence-electron chi connectivity index (χ2n) is 6.35. The summed E-state index contributed by atoms with van der Waals surface area (Å²) < 4.78 is 10.7. The van der Waals surface area contributed by atoms with Gasteiger partial charge in [-0.2, -0.15) is 0 Å². The number of aromatic nitrogens is 2. The Bertz CT molecular complexity index is 1000. The lowest BCUT2D eigenvalue weighted by atomic mass is 10.0. The van der Waals surface area contributed by atoms with Gasteiger partial charge in [-0.1, -0.05) is 41.4 Å². The Kier molecular flexibility index (Phi) is 6.46. The van der Waals surface area contributed by atoms with E-state index < -0.39 is 18.0 Å². The van der Waals surface area contributed by atoms with Crippen molar-refractivity contribution in [3.05, 3.63) is 70.6 Å². The molecule has 9 heteroatoms. The molecule has 2 aromatic carbocycles. The van der Waals surface area contributed by atoms with Crippen molar-refractivity contribution >= 4 is 23.6 Å². The van der Waals surface area contributed by atoms with Gasteiger partial charge in [-0.05, 0) is 36.8 Å². The number of nitrogens with two attached hydrogens (primary N) is 1. The molecule has 1 atom stereocenters. The first-order valence-corrected chi connectivity index (χ1v) is 9.15. The molecule has 1 heterocycles. The average molecular weight is 415 g/mol. The highest BCUT2D eigenvalue weighted by atomic mass is 35.5. The number of rotatable bonds is 7. The van der Waals surface area contributed by atoms with Crippen molar-refractivity contribution in [3.8, 4) is 11.5 Å². The first-order chi connectivity index (χ1) is 13.9. The van der Waals surface area contributed by atoms with Crippen LogP contribution >= 0.6 is 11.6 Å². The fourth-order valence-corrected chi connectivity index (χ4v) is 2.82. The molecule has 29 heavy (non-hydrogen) atoms. The van der Waals surface area contributed by atoms with Gasteiger partial charge in [-0.25, -0.2) is 4.79 Å². The van der Waals surface area contributed by atoms with Crippen LogP contribution in [0.1, 0.15) is 29.5 Å². The molecular weight excluding hydrogens is 396 g/mol. The molecular formula is C20H19ClN4O4. The number of aryl methyl sites for hydroxylation is 1. The van der Waals surface area contributed by atoms with Gasteiger partial charge in [-0.3, -0.25) is 4.79 Å². The predicted molar refractivity (Wildman–Crippen MR) is 106 cm³/mol. The highest BCUT2D eigenvalue weighted by Crippen LogP contribution is 2.21. The molecule has 0 saturated heterocycles. The lowest BCUT2D eigenvalue weighted by Gasteiger charge is -2.17. The molecule has 3 rings (SSSR count). The summed E-state index contributed by atoms with van der Waals surface area (Å²) in [5.41, 5.74) is 7.72. The Hall–Kier alpha value is -3.39. The Morgan fingerprint density at radius 2 is 1.97 bits per heavy atom. The van der Waals surface area contributed by atoms with Crippen LogP contribution < -0.4 is 11.1 Å². The number of benzene rings is 2. The molecule has 0 radical (unpaired) electrons. The van der Waals surface area contributed by atoms with E-state index in [0.717, 1.165) is 11.1 Å². The number of halogens is 1. The minimum absolute atomic E-state index is 0.122. The summed E-state index contributed by atoms with van der Waals surface area (Å²) in [5, 5.41) is 10.9. The van der Waals surface area contributed by atoms with Gasteiger partial charge in [0.05, 0.1) is 12.5 Å². The summed E-state index contributed by atoms with van der Waals surface area (Å²) in [4.78, 5) is 23.5. The van der Waals surface area contributed by atoms with Gasteiger partial charge in [0.2, 0.25) is 5.89 Å². The summed E-state index contributed by atoms with van der Waals surface area (Å²) in [5.74, 6) is -0.0519. The topological polar surface area (TPSA) is 120 Å². The number of amides is 2. The van der Waals surface area contributed by atoms with Crippen molar-refractivity contribution in [2.45, 2.75) is 26.0 Å². The van der Waals surface area contributed by atoms with Gasteiger partial charge in [0, 0.05) is 10.6 Å². The molecule has 0 unspecified atom stereocenters. The van der Waals surface area contributed by atoms with E-state index in [9.17, 15) is 9.59 Å². The van der Waals surface area contributed by atoms with E-state index in [1.807, 2.05) is 31.2 Å². The standard InChI is InChI=1S/C20H19ClN4O4/c1-12-3-2-4-14(9-12)19-25-24-17(29-19)11-28-18(26)10-16(23-20(22)27)13-5-7-15(21)8-6-13/h2-9,16H,10-11H2,1H3,(H3,22,23,27)/t16-/m0/s1. The Morgan fingerprint density at radius 1 is 1.21 bits per heavy atom. The molecule has 0 bridgehead atoms. The summed E-state index contributed by atoms with van der Waals surface area (Å²) in [6.45, 7) is 1.78. The second kappa shape index (κ2) is 9.20. The van der Waals surface area contributed by atoms with Gasteiger partial charge < -0.3 is 20.2 Å². The third-order valence-corrected chi connectivity index (χ3v) is 4.30. The highest BCUT2D eigenvalue weighted by Gasteiger charge is 2.19. The van der Waals surface area contributed by atoms with E-state index in [0.29, 0.717) is 16.5 Å². The number of esters is 1. The maximum absolute atomic E-state index is 12.2. The van der Waals surface area contributed by atoms with Crippen LogP contribution in [-0.4, -0.2) is 22.2 Å². The minimum atomic E-state index is -0.752. The number of hydrogen-bond donors (Lipinski definition) is 2. The summed E-state index contributed by atoms with van der Waals surface area (Å²) in [7, 11) is 0. The molecule has 0 spiro atoms. The van der Waals surface area contributed by atoms with Crippen LogP contribution in [0, 0.1) is 6.92 Å². The number of carbonyl (C=O) groups excluding carboxylic acids is 2. The third-order valence-electron chi connectivity index (χ3n) is 4.05. The van der Waals surface area contributed by atoms with Crippen molar-refractivity contribution in [2.75, 3.05) is 0 Å². The van der Waals surface area contributed by atoms with Crippen LogP contribution in [-0.2, 0) is 16.1 Å². The van der Waals surface area contributed by atoms with Crippen LogP contribution in [0.2, 0.25) is 5.02 Å². The van der Waals surface area contributed by atoms with Gasteiger partial charge in [0.1, 0.15) is 0 Å². The van der Waals surface area contributed by atoms with Crippen molar-refractivity contribution in [1.29, 1.82) is 0 Å². The zero-order valence-corrected chi connectivity index (χ0v) is 16.3. The number of primary amides is 1. The molecule has 2 amide bonds. The zero-order valence-electron chi connectivity index (χ0n) is 15.6. The van der Waals surface area contributed by atoms with Gasteiger partial charge in [0.15, 0.2) is 6.61 Å². The average Bonchev–Trinajstić information content (AvgIpc) is 3.15. The quantitative estimate of drug-likeness (QED) is 0.570. The van der Waals surface area contributed by atoms with Crippen LogP contribution in [0.15, 0.2) is 52.9 Å². The van der Waals surface area contributed by atoms with E-state index in [4.69, 9.17) is 26.5 Å². The largest absolute Gasteiger partial charge is 0.456 e. The maximum atomic E-state index is 12.2. The van der Waals surface area contributed by atoms with Crippen LogP contribution in [0.4, 0.5) is 4.79 Å². The van der Waals surface area contributed by atoms with Crippen molar-refractivity contribution in [1.82, 2.24) is 15.5 Å². The van der Waals surface area contributed by atoms with Gasteiger partial charge in [-0.15, -0.1) is 10.2 Å². The summed E-state index contributed by atoms with van der Waals surface area (Å²) in [6, 6.07) is 12.9. The Labute approximate surface area is 172 Å². The van der Waals surface area contributed by atoms with E-state index in [-0.39, 0.29) is 18.9 Å². The Morgan fingerprint density at radius 3 is 2.66 bits per heavy atom. The zero-order chi connectivity index (χ0) is 20.8. The van der Waals surface area contributed by atoms with E-state index in [2.05, 4.69) is 15.5 Å². The van der Waals surface area contributed by atoms with Gasteiger partial charge >= 0.3 is 12.0 Å². The molecule has 1 aromatic heterocycles. The van der Waals surface area contributed by atoms with E-state index in [1.165, 1.54) is 0 Å². The van der Waals surface area contributed by atoms with Crippen LogP contribution in [0.25, 0.3) is 11.5 Å². The monoisotopic (exact) mass is 414 g/mol. The molecule has 0 aliphatic heterocycles. The molecule has 150 valence electrons. The second-order valence-corrected chi connectivity index (χ2v) is 6.78. The highest BCUT2D eigenvalue weighted by molar-refractivity contribution is 6.30. The molecule has 3 N–H and O–H groups in total. The van der Waals surface area contributed by atoms with E-state index in [1.54, 1.807) is 24.3 Å². The van der Waals surface area contributed by atoms with Gasteiger partial charge in [0.25, 0.3) is 5.89 Å². The molecule has 8 nitrogen and oxygen atoms in total. The normalized spacial score (nSPS) is 11.7. The fraction of sp³-hybridized carbons (Fsp3) is 0.200. The SMILES string of the molecule is Cc1cccc(-c2nnc(COC(=O)C[C@H](NC(N)=O)c3ccc(Cl)cc3)o2)c1. The molecule has 0 fully saturated rings. The molecule has 3 aromatic rings. The predicted octanol–water partition coefficient (Wildman–Crippen LogP) is 3.54. The number of nitrogens with zero attached hydrogens (tertiary/aromatic N) is 2. The lowest BCUT2D eigenvalue weighted by Crippen LogP contribution is -2.34. The number of hydrogen-bond acceptors (Lipinski definition) is 6. The first-order valence-electron chi connectivity index (χ1n) is 8.77. The Balaban J connectivity index is 1.60. The first kappa shape index (κ1) is 20.3.